The number of ether oxygens (including phenoxy) is 1. The third-order valence-corrected chi connectivity index (χ3v) is 4.10. The predicted octanol–water partition coefficient (Wildman–Crippen LogP) is 1.33. The molecule has 1 aromatic rings. The molecule has 3 unspecified atom stereocenters. The molecular weight excluding hydrogens is 222 g/mol. The highest BCUT2D eigenvalue weighted by Gasteiger charge is 2.33. The van der Waals surface area contributed by atoms with Crippen molar-refractivity contribution in [1.82, 2.24) is 10.4 Å². The number of rotatable bonds is 5. The van der Waals surface area contributed by atoms with Crippen LogP contribution in [-0.2, 0) is 11.2 Å². The Morgan fingerprint density at radius 1 is 1.75 bits per heavy atom. The molecule has 1 aromatic heterocycles. The van der Waals surface area contributed by atoms with Crippen LogP contribution in [0.3, 0.4) is 0 Å². The van der Waals surface area contributed by atoms with Crippen molar-refractivity contribution in [3.8, 4) is 0 Å². The van der Waals surface area contributed by atoms with Gasteiger partial charge in [-0.25, -0.2) is 0 Å². The van der Waals surface area contributed by atoms with Crippen LogP contribution in [0.25, 0.3) is 0 Å². The molecule has 1 fully saturated rings. The Labute approximate surface area is 100 Å². The largest absolute Gasteiger partial charge is 0.378 e. The number of hydrogen-bond acceptors (Lipinski definition) is 5. The van der Waals surface area contributed by atoms with Gasteiger partial charge in [-0.1, -0.05) is 6.92 Å². The summed E-state index contributed by atoms with van der Waals surface area (Å²) in [5.41, 5.74) is 4.81. The monoisotopic (exact) mass is 241 g/mol. The van der Waals surface area contributed by atoms with Crippen molar-refractivity contribution in [2.75, 3.05) is 6.61 Å². The van der Waals surface area contributed by atoms with Gasteiger partial charge in [0.25, 0.3) is 0 Å². The first kappa shape index (κ1) is 12.0. The lowest BCUT2D eigenvalue weighted by molar-refractivity contribution is 0.0775. The molecule has 0 bridgehead atoms. The molecule has 2 heterocycles. The van der Waals surface area contributed by atoms with E-state index in [0.717, 1.165) is 25.9 Å². The summed E-state index contributed by atoms with van der Waals surface area (Å²) in [7, 11) is 0. The first-order valence-corrected chi connectivity index (χ1v) is 6.68. The van der Waals surface area contributed by atoms with Crippen LogP contribution < -0.4 is 11.3 Å². The maximum atomic E-state index is 5.71. The maximum Gasteiger partial charge on any atom is 0.0794 e. The zero-order valence-electron chi connectivity index (χ0n) is 9.56. The van der Waals surface area contributed by atoms with Crippen molar-refractivity contribution >= 4 is 11.3 Å². The molecule has 0 aromatic carbocycles. The molecule has 16 heavy (non-hydrogen) atoms. The summed E-state index contributed by atoms with van der Waals surface area (Å²) in [6.07, 6.45) is 5.39. The summed E-state index contributed by atoms with van der Waals surface area (Å²) in [4.78, 5) is 5.38. The van der Waals surface area contributed by atoms with E-state index < -0.39 is 0 Å². The second-order valence-corrected chi connectivity index (χ2v) is 5.19. The minimum absolute atomic E-state index is 0.299. The number of hydrogen-bond donors (Lipinski definition) is 2. The van der Waals surface area contributed by atoms with Crippen LogP contribution in [0.1, 0.15) is 24.6 Å². The van der Waals surface area contributed by atoms with Crippen LogP contribution >= 0.6 is 11.3 Å². The SMILES string of the molecule is CCC1OCCC1C(Cc1cncs1)NN. The van der Waals surface area contributed by atoms with E-state index in [2.05, 4.69) is 17.3 Å². The minimum Gasteiger partial charge on any atom is -0.378 e. The fraction of sp³-hybridized carbons (Fsp3) is 0.727. The topological polar surface area (TPSA) is 60.2 Å². The lowest BCUT2D eigenvalue weighted by Gasteiger charge is -2.25. The summed E-state index contributed by atoms with van der Waals surface area (Å²) in [6, 6.07) is 0.299. The van der Waals surface area contributed by atoms with Crippen LogP contribution in [0, 0.1) is 5.92 Å². The fourth-order valence-electron chi connectivity index (χ4n) is 2.44. The van der Waals surface area contributed by atoms with E-state index >= 15 is 0 Å². The van der Waals surface area contributed by atoms with E-state index in [1.54, 1.807) is 11.3 Å². The molecule has 4 nitrogen and oxygen atoms in total. The zero-order chi connectivity index (χ0) is 11.4. The van der Waals surface area contributed by atoms with Crippen LogP contribution in [0.5, 0.6) is 0 Å². The predicted molar refractivity (Wildman–Crippen MR) is 65.1 cm³/mol. The first-order valence-electron chi connectivity index (χ1n) is 5.80. The number of nitrogens with one attached hydrogen (secondary N) is 1. The van der Waals surface area contributed by atoms with Gasteiger partial charge in [0.1, 0.15) is 0 Å². The van der Waals surface area contributed by atoms with Gasteiger partial charge in [0.05, 0.1) is 11.6 Å². The van der Waals surface area contributed by atoms with Gasteiger partial charge in [-0.3, -0.25) is 16.3 Å². The number of thiazole rings is 1. The van der Waals surface area contributed by atoms with E-state index in [1.807, 2.05) is 11.7 Å². The molecule has 90 valence electrons. The highest BCUT2D eigenvalue weighted by atomic mass is 32.1. The lowest BCUT2D eigenvalue weighted by atomic mass is 9.89. The summed E-state index contributed by atoms with van der Waals surface area (Å²) in [5, 5.41) is 0. The Balaban J connectivity index is 1.98. The molecule has 0 aliphatic carbocycles. The van der Waals surface area contributed by atoms with Crippen molar-refractivity contribution in [2.45, 2.75) is 38.3 Å². The van der Waals surface area contributed by atoms with Gasteiger partial charge in [0.2, 0.25) is 0 Å². The summed E-state index contributed by atoms with van der Waals surface area (Å²) in [5.74, 6) is 6.19. The van der Waals surface area contributed by atoms with Gasteiger partial charge in [-0.05, 0) is 12.8 Å². The fourth-order valence-corrected chi connectivity index (χ4v) is 3.09. The van der Waals surface area contributed by atoms with Crippen molar-refractivity contribution < 1.29 is 4.74 Å². The van der Waals surface area contributed by atoms with Crippen LogP contribution in [-0.4, -0.2) is 23.7 Å². The Hall–Kier alpha value is -0.490. The van der Waals surface area contributed by atoms with E-state index in [0.29, 0.717) is 18.1 Å². The van der Waals surface area contributed by atoms with Crippen molar-refractivity contribution in [2.24, 2.45) is 11.8 Å². The average Bonchev–Trinajstić information content (AvgIpc) is 2.96. The van der Waals surface area contributed by atoms with E-state index in [4.69, 9.17) is 10.6 Å². The highest BCUT2D eigenvalue weighted by molar-refractivity contribution is 7.09. The molecule has 1 saturated heterocycles. The van der Waals surface area contributed by atoms with E-state index in [1.165, 1.54) is 4.88 Å². The summed E-state index contributed by atoms with van der Waals surface area (Å²) < 4.78 is 5.71. The summed E-state index contributed by atoms with van der Waals surface area (Å²) in [6.45, 7) is 3.04. The molecule has 0 amide bonds. The van der Waals surface area contributed by atoms with Crippen LogP contribution in [0.4, 0.5) is 0 Å². The molecule has 0 saturated carbocycles. The van der Waals surface area contributed by atoms with Crippen molar-refractivity contribution in [3.63, 3.8) is 0 Å². The molecule has 1 aliphatic heterocycles. The minimum atomic E-state index is 0.299. The second-order valence-electron chi connectivity index (χ2n) is 4.22. The standard InChI is InChI=1S/C11H19N3OS/c1-2-11-9(3-4-15-11)10(14-12)5-8-6-13-7-16-8/h6-7,9-11,14H,2-5,12H2,1H3. The van der Waals surface area contributed by atoms with Crippen LogP contribution in [0.15, 0.2) is 11.7 Å². The second kappa shape index (κ2) is 5.72. The average molecular weight is 241 g/mol. The molecule has 3 atom stereocenters. The number of nitrogens with zero attached hydrogens (tertiary/aromatic N) is 1. The molecule has 3 N–H and O–H groups in total. The molecule has 1 aliphatic rings. The van der Waals surface area contributed by atoms with Gasteiger partial charge in [-0.15, -0.1) is 11.3 Å². The maximum absolute atomic E-state index is 5.71. The Morgan fingerprint density at radius 3 is 3.25 bits per heavy atom. The quantitative estimate of drug-likeness (QED) is 0.603. The number of aromatic nitrogens is 1. The lowest BCUT2D eigenvalue weighted by Crippen LogP contribution is -2.45. The van der Waals surface area contributed by atoms with Crippen molar-refractivity contribution in [1.29, 1.82) is 0 Å². The van der Waals surface area contributed by atoms with Crippen molar-refractivity contribution in [3.05, 3.63) is 16.6 Å². The smallest absolute Gasteiger partial charge is 0.0794 e. The summed E-state index contributed by atoms with van der Waals surface area (Å²) >= 11 is 1.69. The Morgan fingerprint density at radius 2 is 2.62 bits per heavy atom. The van der Waals surface area contributed by atoms with Gasteiger partial charge in [0, 0.05) is 36.1 Å². The number of nitrogens with two attached hydrogens (primary N) is 1. The molecule has 0 spiro atoms. The van der Waals surface area contributed by atoms with E-state index in [-0.39, 0.29) is 0 Å². The molecule has 0 radical (unpaired) electrons. The van der Waals surface area contributed by atoms with Crippen LogP contribution in [0.2, 0.25) is 0 Å². The zero-order valence-corrected chi connectivity index (χ0v) is 10.4. The Bertz CT molecular complexity index is 304. The van der Waals surface area contributed by atoms with Gasteiger partial charge >= 0.3 is 0 Å². The molecule has 2 rings (SSSR count). The third-order valence-electron chi connectivity index (χ3n) is 3.30. The van der Waals surface area contributed by atoms with Gasteiger partial charge in [0.15, 0.2) is 0 Å². The molecular formula is C11H19N3OS. The third kappa shape index (κ3) is 2.60. The first-order chi connectivity index (χ1) is 7.85. The van der Waals surface area contributed by atoms with Gasteiger partial charge in [-0.2, -0.15) is 0 Å². The highest BCUT2D eigenvalue weighted by Crippen LogP contribution is 2.28. The Kier molecular flexibility index (Phi) is 4.29. The van der Waals surface area contributed by atoms with E-state index in [9.17, 15) is 0 Å². The number of hydrazine groups is 1. The molecule has 5 heteroatoms. The van der Waals surface area contributed by atoms with Gasteiger partial charge < -0.3 is 4.74 Å². The normalized spacial score (nSPS) is 27.1.